The summed E-state index contributed by atoms with van der Waals surface area (Å²) in [6.07, 6.45) is 3.70. The maximum atomic E-state index is 12.4. The van der Waals surface area contributed by atoms with Crippen LogP contribution in [0.1, 0.15) is 16.7 Å². The maximum Gasteiger partial charge on any atom is 0.250 e. The number of nitrogens with one attached hydrogen (secondary N) is 1. The number of phenolic OH excluding ortho intramolecular Hbond substituents is 1. The quantitative estimate of drug-likeness (QED) is 0.142. The summed E-state index contributed by atoms with van der Waals surface area (Å²) in [7, 11) is 0. The lowest BCUT2D eigenvalue weighted by Crippen LogP contribution is -2.20. The molecule has 0 aliphatic rings. The zero-order valence-corrected chi connectivity index (χ0v) is 19.9. The average molecular weight is 491 g/mol. The minimum atomic E-state index is -0.270. The van der Waals surface area contributed by atoms with E-state index in [0.29, 0.717) is 23.6 Å². The van der Waals surface area contributed by atoms with Gasteiger partial charge in [0, 0.05) is 10.6 Å². The molecule has 0 aliphatic heterocycles. The van der Waals surface area contributed by atoms with Gasteiger partial charge in [-0.15, -0.1) is 6.58 Å². The lowest BCUT2D eigenvalue weighted by molar-refractivity contribution is -0.118. The van der Waals surface area contributed by atoms with Crippen molar-refractivity contribution in [1.82, 2.24) is 15.0 Å². The monoisotopic (exact) mass is 490 g/mol. The number of fused-ring (bicyclic) bond motifs is 1. The Bertz CT molecular complexity index is 1350. The SMILES string of the molecule is C=CCc1cccc(/C=N\NC(=O)CSc2nc3ccccc3n2Cc2ccc(Cl)cc2)c1O. The number of aromatic nitrogens is 2. The first-order chi connectivity index (χ1) is 16.5. The molecule has 34 heavy (non-hydrogen) atoms. The van der Waals surface area contributed by atoms with Crippen LogP contribution in [0.15, 0.2) is 89.6 Å². The lowest BCUT2D eigenvalue weighted by atomic mass is 10.1. The fraction of sp³-hybridized carbons (Fsp3) is 0.115. The molecule has 0 bridgehead atoms. The maximum absolute atomic E-state index is 12.4. The van der Waals surface area contributed by atoms with Gasteiger partial charge in [0.15, 0.2) is 5.16 Å². The van der Waals surface area contributed by atoms with Gasteiger partial charge >= 0.3 is 0 Å². The van der Waals surface area contributed by atoms with Crippen LogP contribution in [0.5, 0.6) is 5.75 Å². The summed E-state index contributed by atoms with van der Waals surface area (Å²) in [6, 6.07) is 20.9. The molecule has 0 aliphatic carbocycles. The number of imidazole rings is 1. The number of amides is 1. The van der Waals surface area contributed by atoms with Gasteiger partial charge in [-0.05, 0) is 47.9 Å². The number of thioether (sulfide) groups is 1. The number of aromatic hydroxyl groups is 1. The second-order valence-electron chi connectivity index (χ2n) is 7.53. The van der Waals surface area contributed by atoms with Crippen molar-refractivity contribution in [2.45, 2.75) is 18.1 Å². The molecule has 0 saturated carbocycles. The first-order valence-electron chi connectivity index (χ1n) is 10.6. The van der Waals surface area contributed by atoms with Crippen molar-refractivity contribution >= 4 is 46.5 Å². The zero-order chi connectivity index (χ0) is 23.9. The van der Waals surface area contributed by atoms with E-state index >= 15 is 0 Å². The molecular weight excluding hydrogens is 468 g/mol. The van der Waals surface area contributed by atoms with Crippen molar-refractivity contribution < 1.29 is 9.90 Å². The van der Waals surface area contributed by atoms with Crippen LogP contribution >= 0.6 is 23.4 Å². The molecule has 1 amide bonds. The summed E-state index contributed by atoms with van der Waals surface area (Å²) in [5.74, 6) is 0.00260. The topological polar surface area (TPSA) is 79.5 Å². The van der Waals surface area contributed by atoms with Crippen LogP contribution in [-0.2, 0) is 17.8 Å². The molecule has 4 aromatic rings. The van der Waals surface area contributed by atoms with Crippen LogP contribution in [0, 0.1) is 0 Å². The van der Waals surface area contributed by atoms with E-state index < -0.39 is 0 Å². The largest absolute Gasteiger partial charge is 0.507 e. The fourth-order valence-corrected chi connectivity index (χ4v) is 4.39. The number of hydrogen-bond acceptors (Lipinski definition) is 5. The number of hydrazone groups is 1. The Balaban J connectivity index is 1.43. The number of carbonyl (C=O) groups excluding carboxylic acids is 1. The van der Waals surface area contributed by atoms with Crippen molar-refractivity contribution in [1.29, 1.82) is 0 Å². The Kier molecular flexibility index (Phi) is 7.67. The molecule has 0 spiro atoms. The number of carbonyl (C=O) groups is 1. The van der Waals surface area contributed by atoms with Crippen molar-refractivity contribution in [3.8, 4) is 5.75 Å². The fourth-order valence-electron chi connectivity index (χ4n) is 3.46. The minimum absolute atomic E-state index is 0.130. The number of benzene rings is 3. The summed E-state index contributed by atoms with van der Waals surface area (Å²) in [4.78, 5) is 17.1. The number of rotatable bonds is 9. The highest BCUT2D eigenvalue weighted by molar-refractivity contribution is 7.99. The highest BCUT2D eigenvalue weighted by Crippen LogP contribution is 2.26. The van der Waals surface area contributed by atoms with Crippen LogP contribution in [0.25, 0.3) is 11.0 Å². The van der Waals surface area contributed by atoms with Crippen molar-refractivity contribution in [2.75, 3.05) is 5.75 Å². The van der Waals surface area contributed by atoms with E-state index in [2.05, 4.69) is 21.7 Å². The molecular formula is C26H23ClN4O2S. The second kappa shape index (κ2) is 11.0. The third kappa shape index (κ3) is 5.68. The van der Waals surface area contributed by atoms with Crippen LogP contribution in [0.2, 0.25) is 5.02 Å². The summed E-state index contributed by atoms with van der Waals surface area (Å²) in [6.45, 7) is 4.30. The predicted octanol–water partition coefficient (Wildman–Crippen LogP) is 5.41. The van der Waals surface area contributed by atoms with Gasteiger partial charge in [0.25, 0.3) is 5.91 Å². The van der Waals surface area contributed by atoms with Gasteiger partial charge < -0.3 is 9.67 Å². The molecule has 2 N–H and O–H groups in total. The van der Waals surface area contributed by atoms with Crippen LogP contribution in [-0.4, -0.2) is 32.5 Å². The molecule has 0 saturated heterocycles. The van der Waals surface area contributed by atoms with Crippen LogP contribution in [0.3, 0.4) is 0 Å². The third-order valence-corrected chi connectivity index (χ3v) is 6.34. The standard InChI is InChI=1S/C26H23ClN4O2S/c1-2-6-19-7-5-8-20(25(19)33)15-28-30-24(32)17-34-26-29-22-9-3-4-10-23(22)31(26)16-18-11-13-21(27)14-12-18/h2-5,7-15,33H,1,6,16-17H2,(H,30,32)/b28-15-. The normalized spacial score (nSPS) is 11.2. The number of halogens is 1. The second-order valence-corrected chi connectivity index (χ2v) is 8.90. The number of hydrogen-bond donors (Lipinski definition) is 2. The van der Waals surface area contributed by atoms with Gasteiger partial charge in [-0.3, -0.25) is 4.79 Å². The Morgan fingerprint density at radius 2 is 1.94 bits per heavy atom. The van der Waals surface area contributed by atoms with E-state index in [9.17, 15) is 9.90 Å². The molecule has 6 nitrogen and oxygen atoms in total. The van der Waals surface area contributed by atoms with Gasteiger partial charge in [0.1, 0.15) is 5.75 Å². The molecule has 0 unspecified atom stereocenters. The van der Waals surface area contributed by atoms with E-state index in [0.717, 1.165) is 27.3 Å². The number of allylic oxidation sites excluding steroid dienone is 1. The highest BCUT2D eigenvalue weighted by atomic mass is 35.5. The Hall–Kier alpha value is -3.55. The molecule has 8 heteroatoms. The molecule has 0 fully saturated rings. The van der Waals surface area contributed by atoms with E-state index in [1.165, 1.54) is 18.0 Å². The number of para-hydroxylation sites is 3. The predicted molar refractivity (Wildman–Crippen MR) is 139 cm³/mol. The van der Waals surface area contributed by atoms with E-state index in [-0.39, 0.29) is 17.4 Å². The first kappa shape index (κ1) is 23.6. The van der Waals surface area contributed by atoms with Crippen LogP contribution < -0.4 is 5.43 Å². The summed E-state index contributed by atoms with van der Waals surface area (Å²) in [5.41, 5.74) is 6.74. The Morgan fingerprint density at radius 1 is 1.15 bits per heavy atom. The first-order valence-corrected chi connectivity index (χ1v) is 12.0. The minimum Gasteiger partial charge on any atom is -0.507 e. The van der Waals surface area contributed by atoms with Crippen molar-refractivity contribution in [3.63, 3.8) is 0 Å². The van der Waals surface area contributed by atoms with Gasteiger partial charge in [-0.1, -0.05) is 65.8 Å². The molecule has 172 valence electrons. The third-order valence-electron chi connectivity index (χ3n) is 5.11. The van der Waals surface area contributed by atoms with Crippen LogP contribution in [0.4, 0.5) is 0 Å². The molecule has 4 rings (SSSR count). The summed E-state index contributed by atoms with van der Waals surface area (Å²) >= 11 is 7.36. The van der Waals surface area contributed by atoms with Crippen molar-refractivity contribution in [2.24, 2.45) is 5.10 Å². The molecule has 1 heterocycles. The smallest absolute Gasteiger partial charge is 0.250 e. The molecule has 0 atom stereocenters. The van der Waals surface area contributed by atoms with E-state index in [4.69, 9.17) is 16.6 Å². The van der Waals surface area contributed by atoms with Gasteiger partial charge in [-0.2, -0.15) is 5.10 Å². The zero-order valence-electron chi connectivity index (χ0n) is 18.3. The van der Waals surface area contributed by atoms with Crippen molar-refractivity contribution in [3.05, 3.63) is 101 Å². The number of nitrogens with zero attached hydrogens (tertiary/aromatic N) is 3. The average Bonchev–Trinajstić information content (AvgIpc) is 3.19. The Labute approximate surface area is 207 Å². The van der Waals surface area contributed by atoms with Gasteiger partial charge in [0.05, 0.1) is 29.5 Å². The molecule has 3 aromatic carbocycles. The number of phenols is 1. The summed E-state index contributed by atoms with van der Waals surface area (Å²) in [5, 5.41) is 15.7. The van der Waals surface area contributed by atoms with E-state index in [1.54, 1.807) is 12.1 Å². The molecule has 0 radical (unpaired) electrons. The lowest BCUT2D eigenvalue weighted by Gasteiger charge is -2.09. The van der Waals surface area contributed by atoms with Gasteiger partial charge in [-0.25, -0.2) is 10.4 Å². The molecule has 1 aromatic heterocycles. The summed E-state index contributed by atoms with van der Waals surface area (Å²) < 4.78 is 2.09. The van der Waals surface area contributed by atoms with E-state index in [1.807, 2.05) is 60.7 Å². The van der Waals surface area contributed by atoms with Gasteiger partial charge in [0.2, 0.25) is 0 Å². The highest BCUT2D eigenvalue weighted by Gasteiger charge is 2.13. The Morgan fingerprint density at radius 3 is 2.74 bits per heavy atom.